The smallest absolute Gasteiger partial charge is 0.169 e. The second-order valence-corrected chi connectivity index (χ2v) is 8.40. The number of nitrogens with one attached hydrogen (secondary N) is 1. The summed E-state index contributed by atoms with van der Waals surface area (Å²) < 4.78 is 0. The summed E-state index contributed by atoms with van der Waals surface area (Å²) in [6.45, 7) is 3.79. The molecule has 0 unspecified atom stereocenters. The molecule has 1 aliphatic heterocycles. The number of aromatic nitrogens is 5. The van der Waals surface area contributed by atoms with Gasteiger partial charge in [0.05, 0.1) is 35.7 Å². The van der Waals surface area contributed by atoms with Crippen LogP contribution in [0.5, 0.6) is 0 Å². The molecule has 34 heavy (non-hydrogen) atoms. The van der Waals surface area contributed by atoms with E-state index < -0.39 is 0 Å². The van der Waals surface area contributed by atoms with Crippen LogP contribution < -0.4 is 10.2 Å². The van der Waals surface area contributed by atoms with Gasteiger partial charge in [0.15, 0.2) is 5.78 Å². The van der Waals surface area contributed by atoms with Gasteiger partial charge in [-0.3, -0.25) is 14.8 Å². The summed E-state index contributed by atoms with van der Waals surface area (Å²) in [4.78, 5) is 40.0. The maximum atomic E-state index is 13.1. The van der Waals surface area contributed by atoms with E-state index in [1.807, 2.05) is 24.3 Å². The highest BCUT2D eigenvalue weighted by atomic mass is 16.1. The molecule has 4 aromatic heterocycles. The maximum absolute atomic E-state index is 13.1. The van der Waals surface area contributed by atoms with E-state index in [0.717, 1.165) is 42.9 Å². The van der Waals surface area contributed by atoms with Crippen molar-refractivity contribution in [2.45, 2.75) is 6.42 Å². The van der Waals surface area contributed by atoms with Crippen LogP contribution in [0, 0.1) is 0 Å². The number of ketones is 1. The molecule has 1 saturated heterocycles. The van der Waals surface area contributed by atoms with Gasteiger partial charge in [-0.15, -0.1) is 0 Å². The van der Waals surface area contributed by atoms with Crippen LogP contribution >= 0.6 is 0 Å². The fraction of sp³-hybridized carbons (Fsp3) is 0.280. The van der Waals surface area contributed by atoms with Gasteiger partial charge in [-0.2, -0.15) is 0 Å². The average Bonchev–Trinajstić information content (AvgIpc) is 2.89. The first kappa shape index (κ1) is 21.8. The molecule has 0 aliphatic carbocycles. The predicted molar refractivity (Wildman–Crippen MR) is 132 cm³/mol. The van der Waals surface area contributed by atoms with Crippen LogP contribution in [-0.4, -0.2) is 75.9 Å². The zero-order valence-corrected chi connectivity index (χ0v) is 19.3. The minimum Gasteiger partial charge on any atom is -0.372 e. The Morgan fingerprint density at radius 2 is 1.82 bits per heavy atom. The Labute approximate surface area is 197 Å². The third-order valence-corrected chi connectivity index (χ3v) is 6.02. The van der Waals surface area contributed by atoms with E-state index in [2.05, 4.69) is 42.1 Å². The normalized spacial score (nSPS) is 14.4. The van der Waals surface area contributed by atoms with Crippen molar-refractivity contribution in [3.05, 3.63) is 66.4 Å². The lowest BCUT2D eigenvalue weighted by atomic mass is 10.1. The highest BCUT2D eigenvalue weighted by molar-refractivity contribution is 5.98. The number of Topliss-reactive ketones (excluding diaryl/α,β-unsaturated/α-hetero) is 1. The molecule has 4 aromatic rings. The number of hydrogen-bond donors (Lipinski definition) is 1. The van der Waals surface area contributed by atoms with Gasteiger partial charge in [0.2, 0.25) is 0 Å². The van der Waals surface area contributed by atoms with Crippen molar-refractivity contribution in [1.29, 1.82) is 0 Å². The number of anilines is 2. The topological polar surface area (TPSA) is 100 Å². The van der Waals surface area contributed by atoms with Gasteiger partial charge in [0.1, 0.15) is 17.3 Å². The molecule has 1 N–H and O–H groups in total. The number of carbonyl (C=O) groups excluding carboxylic acids is 1. The quantitative estimate of drug-likeness (QED) is 0.441. The molecule has 0 bridgehead atoms. The monoisotopic (exact) mass is 454 g/mol. The summed E-state index contributed by atoms with van der Waals surface area (Å²) in [5.74, 6) is 1.53. The first-order chi connectivity index (χ1) is 16.6. The SMILES string of the molecule is CNc1cncc(-c2ccc3cnc(CC(=O)c4ccnc(N5CCN(C)CC5)c4)cc3n2)n1. The van der Waals surface area contributed by atoms with Gasteiger partial charge in [-0.05, 0) is 37.4 Å². The zero-order chi connectivity index (χ0) is 23.5. The van der Waals surface area contributed by atoms with Crippen molar-refractivity contribution < 1.29 is 4.79 Å². The molecule has 1 fully saturated rings. The van der Waals surface area contributed by atoms with Gasteiger partial charge in [-0.1, -0.05) is 0 Å². The van der Waals surface area contributed by atoms with Gasteiger partial charge in [-0.25, -0.2) is 15.0 Å². The van der Waals surface area contributed by atoms with Gasteiger partial charge >= 0.3 is 0 Å². The largest absolute Gasteiger partial charge is 0.372 e. The minimum atomic E-state index is 0.00775. The molecule has 9 nitrogen and oxygen atoms in total. The summed E-state index contributed by atoms with van der Waals surface area (Å²) in [6.07, 6.45) is 7.01. The molecule has 172 valence electrons. The lowest BCUT2D eigenvalue weighted by Gasteiger charge is -2.33. The number of carbonyl (C=O) groups is 1. The average molecular weight is 455 g/mol. The highest BCUT2D eigenvalue weighted by Gasteiger charge is 2.17. The van der Waals surface area contributed by atoms with Crippen molar-refractivity contribution in [3.63, 3.8) is 0 Å². The van der Waals surface area contributed by atoms with E-state index in [9.17, 15) is 4.79 Å². The maximum Gasteiger partial charge on any atom is 0.169 e. The molecule has 5 rings (SSSR count). The van der Waals surface area contributed by atoms with E-state index in [1.54, 1.807) is 37.9 Å². The minimum absolute atomic E-state index is 0.00775. The molecular weight excluding hydrogens is 428 g/mol. The summed E-state index contributed by atoms with van der Waals surface area (Å²) in [7, 11) is 3.92. The number of likely N-dealkylation sites (N-methyl/N-ethyl adjacent to an activating group) is 1. The fourth-order valence-corrected chi connectivity index (χ4v) is 3.97. The first-order valence-electron chi connectivity index (χ1n) is 11.3. The molecule has 0 amide bonds. The predicted octanol–water partition coefficient (Wildman–Crippen LogP) is 2.70. The molecule has 0 aromatic carbocycles. The molecule has 9 heteroatoms. The van der Waals surface area contributed by atoms with Crippen LogP contribution in [0.25, 0.3) is 22.3 Å². The van der Waals surface area contributed by atoms with Crippen LogP contribution in [-0.2, 0) is 6.42 Å². The third kappa shape index (κ3) is 4.69. The third-order valence-electron chi connectivity index (χ3n) is 6.02. The molecule has 1 aliphatic rings. The van der Waals surface area contributed by atoms with Gasteiger partial charge in [0, 0.05) is 56.6 Å². The summed E-state index contributed by atoms with van der Waals surface area (Å²) >= 11 is 0. The Morgan fingerprint density at radius 3 is 2.65 bits per heavy atom. The number of rotatable bonds is 6. The zero-order valence-electron chi connectivity index (χ0n) is 19.3. The van der Waals surface area contributed by atoms with E-state index in [0.29, 0.717) is 28.5 Å². The molecule has 0 spiro atoms. The van der Waals surface area contributed by atoms with Crippen molar-refractivity contribution in [2.24, 2.45) is 0 Å². The summed E-state index contributed by atoms with van der Waals surface area (Å²) in [6, 6.07) is 9.38. The van der Waals surface area contributed by atoms with Crippen LogP contribution in [0.4, 0.5) is 11.6 Å². The Kier molecular flexibility index (Phi) is 6.09. The number of piperazine rings is 1. The van der Waals surface area contributed by atoms with E-state index >= 15 is 0 Å². The standard InChI is InChI=1S/C25H26N8O/c1-26-24-16-27-15-22(31-24)20-4-3-18-14-29-19(12-21(18)30-20)13-23(34)17-5-6-28-25(11-17)33-9-7-32(2)8-10-33/h3-6,11-12,14-16H,7-10,13H2,1-2H3,(H,26,31). The Bertz CT molecular complexity index is 1330. The molecule has 0 saturated carbocycles. The molecule has 0 radical (unpaired) electrons. The van der Waals surface area contributed by atoms with E-state index in [1.165, 1.54) is 0 Å². The highest BCUT2D eigenvalue weighted by Crippen LogP contribution is 2.21. The van der Waals surface area contributed by atoms with Gasteiger partial charge < -0.3 is 15.1 Å². The molecule has 5 heterocycles. The van der Waals surface area contributed by atoms with Crippen LogP contribution in [0.3, 0.4) is 0 Å². The van der Waals surface area contributed by atoms with Crippen LogP contribution in [0.2, 0.25) is 0 Å². The number of hydrogen-bond acceptors (Lipinski definition) is 9. The van der Waals surface area contributed by atoms with Gasteiger partial charge in [0.25, 0.3) is 0 Å². The van der Waals surface area contributed by atoms with Crippen molar-refractivity contribution in [1.82, 2.24) is 29.8 Å². The lowest BCUT2D eigenvalue weighted by molar-refractivity contribution is 0.0992. The van der Waals surface area contributed by atoms with E-state index in [-0.39, 0.29) is 12.2 Å². The number of nitrogens with zero attached hydrogens (tertiary/aromatic N) is 7. The van der Waals surface area contributed by atoms with Crippen molar-refractivity contribution in [3.8, 4) is 11.4 Å². The molecule has 0 atom stereocenters. The Balaban J connectivity index is 1.36. The number of fused-ring (bicyclic) bond motifs is 1. The summed E-state index contributed by atoms with van der Waals surface area (Å²) in [5.41, 5.74) is 3.48. The number of pyridine rings is 3. The second kappa shape index (κ2) is 9.48. The second-order valence-electron chi connectivity index (χ2n) is 8.40. The first-order valence-corrected chi connectivity index (χ1v) is 11.3. The Hall–Kier alpha value is -3.98. The fourth-order valence-electron chi connectivity index (χ4n) is 3.97. The molecular formula is C25H26N8O. The van der Waals surface area contributed by atoms with Crippen LogP contribution in [0.15, 0.2) is 55.1 Å². The summed E-state index contributed by atoms with van der Waals surface area (Å²) in [5, 5.41) is 3.89. The van der Waals surface area contributed by atoms with Crippen LogP contribution in [0.1, 0.15) is 16.1 Å². The Morgan fingerprint density at radius 1 is 0.971 bits per heavy atom. The van der Waals surface area contributed by atoms with E-state index in [4.69, 9.17) is 4.98 Å². The van der Waals surface area contributed by atoms with Crippen molar-refractivity contribution in [2.75, 3.05) is 50.5 Å². The van der Waals surface area contributed by atoms with Crippen molar-refractivity contribution >= 4 is 28.3 Å². The lowest BCUT2D eigenvalue weighted by Crippen LogP contribution is -2.44.